The second-order valence-corrected chi connectivity index (χ2v) is 4.85. The van der Waals surface area contributed by atoms with Gasteiger partial charge in [-0.15, -0.1) is 0 Å². The molecule has 0 saturated carbocycles. The molecule has 0 fully saturated rings. The standard InChI is InChI=1S/C8H12OSi/c1-2-10(9)8-6-4-3-5-7-8/h3-7,9-10H,2H2,1H3. The zero-order valence-electron chi connectivity index (χ0n) is 6.12. The molecule has 0 bridgehead atoms. The van der Waals surface area contributed by atoms with Crippen molar-refractivity contribution in [3.63, 3.8) is 0 Å². The summed E-state index contributed by atoms with van der Waals surface area (Å²) in [7, 11) is -1.54. The van der Waals surface area contributed by atoms with Crippen LogP contribution in [0.2, 0.25) is 6.04 Å². The van der Waals surface area contributed by atoms with Crippen LogP contribution in [-0.2, 0) is 0 Å². The summed E-state index contributed by atoms with van der Waals surface area (Å²) in [5.41, 5.74) is 0. The van der Waals surface area contributed by atoms with E-state index in [0.717, 1.165) is 11.2 Å². The van der Waals surface area contributed by atoms with Gasteiger partial charge in [-0.1, -0.05) is 37.3 Å². The third-order valence-corrected chi connectivity index (χ3v) is 3.50. The Labute approximate surface area is 63.1 Å². The van der Waals surface area contributed by atoms with Crippen molar-refractivity contribution in [1.29, 1.82) is 0 Å². The van der Waals surface area contributed by atoms with Gasteiger partial charge in [-0.05, 0) is 11.2 Å². The lowest BCUT2D eigenvalue weighted by Gasteiger charge is -2.03. The highest BCUT2D eigenvalue weighted by Crippen LogP contribution is 1.89. The molecule has 1 aromatic rings. The average molecular weight is 152 g/mol. The molecule has 0 aromatic heterocycles. The van der Waals surface area contributed by atoms with Crippen LogP contribution < -0.4 is 5.19 Å². The lowest BCUT2D eigenvalue weighted by molar-refractivity contribution is 0.586. The zero-order valence-corrected chi connectivity index (χ0v) is 7.27. The highest BCUT2D eigenvalue weighted by Gasteiger charge is 2.04. The maximum atomic E-state index is 9.47. The van der Waals surface area contributed by atoms with Crippen LogP contribution >= 0.6 is 0 Å². The quantitative estimate of drug-likeness (QED) is 0.616. The van der Waals surface area contributed by atoms with Gasteiger partial charge in [0.2, 0.25) is 9.04 Å². The lowest BCUT2D eigenvalue weighted by atomic mass is 10.4. The molecule has 1 unspecified atom stereocenters. The predicted octanol–water partition coefficient (Wildman–Crippen LogP) is 0.630. The Hall–Kier alpha value is -0.603. The molecule has 1 aromatic carbocycles. The van der Waals surface area contributed by atoms with Crippen LogP contribution in [0.25, 0.3) is 0 Å². The maximum Gasteiger partial charge on any atom is 0.203 e. The van der Waals surface area contributed by atoms with E-state index in [4.69, 9.17) is 0 Å². The summed E-state index contributed by atoms with van der Waals surface area (Å²) in [5, 5.41) is 1.14. The molecule has 1 atom stereocenters. The summed E-state index contributed by atoms with van der Waals surface area (Å²) in [4.78, 5) is 9.47. The molecule has 10 heavy (non-hydrogen) atoms. The third-order valence-electron chi connectivity index (χ3n) is 1.57. The Morgan fingerprint density at radius 3 is 2.40 bits per heavy atom. The van der Waals surface area contributed by atoms with Crippen LogP contribution in [0.3, 0.4) is 0 Å². The van der Waals surface area contributed by atoms with Gasteiger partial charge in [0.05, 0.1) is 0 Å². The van der Waals surface area contributed by atoms with Crippen molar-refractivity contribution in [1.82, 2.24) is 0 Å². The second kappa shape index (κ2) is 3.54. The summed E-state index contributed by atoms with van der Waals surface area (Å²) < 4.78 is 0. The van der Waals surface area contributed by atoms with E-state index in [1.807, 2.05) is 37.3 Å². The van der Waals surface area contributed by atoms with Crippen LogP contribution in [0.5, 0.6) is 0 Å². The minimum Gasteiger partial charge on any atom is -0.430 e. The first-order chi connectivity index (χ1) is 4.84. The fourth-order valence-electron chi connectivity index (χ4n) is 0.911. The SMILES string of the molecule is CC[SiH](O)c1ccccc1. The summed E-state index contributed by atoms with van der Waals surface area (Å²) in [6.45, 7) is 2.03. The topological polar surface area (TPSA) is 20.2 Å². The maximum absolute atomic E-state index is 9.47. The van der Waals surface area contributed by atoms with Crippen molar-refractivity contribution in [3.05, 3.63) is 30.3 Å². The summed E-state index contributed by atoms with van der Waals surface area (Å²) in [5.74, 6) is 0. The van der Waals surface area contributed by atoms with Gasteiger partial charge in [0.25, 0.3) is 0 Å². The van der Waals surface area contributed by atoms with Gasteiger partial charge < -0.3 is 4.80 Å². The first-order valence-corrected chi connectivity index (χ1v) is 5.48. The molecule has 0 aliphatic rings. The fraction of sp³-hybridized carbons (Fsp3) is 0.250. The molecule has 0 aliphatic heterocycles. The molecule has 1 rings (SSSR count). The molecule has 0 heterocycles. The zero-order chi connectivity index (χ0) is 7.40. The Balaban J connectivity index is 2.75. The van der Waals surface area contributed by atoms with Gasteiger partial charge in [0, 0.05) is 0 Å². The van der Waals surface area contributed by atoms with Crippen molar-refractivity contribution in [2.45, 2.75) is 13.0 Å². The summed E-state index contributed by atoms with van der Waals surface area (Å²) >= 11 is 0. The molecule has 1 N–H and O–H groups in total. The number of hydrogen-bond acceptors (Lipinski definition) is 1. The van der Waals surface area contributed by atoms with Gasteiger partial charge >= 0.3 is 0 Å². The number of benzene rings is 1. The van der Waals surface area contributed by atoms with E-state index in [1.165, 1.54) is 0 Å². The van der Waals surface area contributed by atoms with Crippen LogP contribution in [0.15, 0.2) is 30.3 Å². The molecule has 1 nitrogen and oxygen atoms in total. The minimum atomic E-state index is -1.54. The average Bonchev–Trinajstić information content (AvgIpc) is 2.05. The van der Waals surface area contributed by atoms with Gasteiger partial charge in [-0.2, -0.15) is 0 Å². The molecule has 0 spiro atoms. The van der Waals surface area contributed by atoms with Gasteiger partial charge in [0.1, 0.15) is 0 Å². The molecule has 2 heteroatoms. The van der Waals surface area contributed by atoms with Crippen molar-refractivity contribution in [2.75, 3.05) is 0 Å². The van der Waals surface area contributed by atoms with Crippen molar-refractivity contribution >= 4 is 14.2 Å². The molecule has 0 radical (unpaired) electrons. The first-order valence-electron chi connectivity index (χ1n) is 3.57. The van der Waals surface area contributed by atoms with E-state index >= 15 is 0 Å². The van der Waals surface area contributed by atoms with Gasteiger partial charge in [-0.25, -0.2) is 0 Å². The third kappa shape index (κ3) is 1.69. The predicted molar refractivity (Wildman–Crippen MR) is 45.9 cm³/mol. The van der Waals surface area contributed by atoms with E-state index in [9.17, 15) is 4.80 Å². The summed E-state index contributed by atoms with van der Waals surface area (Å²) in [6, 6.07) is 10.8. The largest absolute Gasteiger partial charge is 0.430 e. The van der Waals surface area contributed by atoms with Crippen LogP contribution in [0, 0.1) is 0 Å². The molecular weight excluding hydrogens is 140 g/mol. The second-order valence-electron chi connectivity index (χ2n) is 2.33. The van der Waals surface area contributed by atoms with E-state index in [0.29, 0.717) is 0 Å². The molecule has 0 amide bonds. The van der Waals surface area contributed by atoms with E-state index < -0.39 is 9.04 Å². The normalized spacial score (nSPS) is 13.0. The Morgan fingerprint density at radius 2 is 1.90 bits per heavy atom. The molecule has 0 aliphatic carbocycles. The highest BCUT2D eigenvalue weighted by atomic mass is 28.3. The smallest absolute Gasteiger partial charge is 0.203 e. The Bertz CT molecular complexity index is 186. The highest BCUT2D eigenvalue weighted by molar-refractivity contribution is 6.65. The van der Waals surface area contributed by atoms with E-state index in [-0.39, 0.29) is 0 Å². The van der Waals surface area contributed by atoms with Gasteiger partial charge in [0.15, 0.2) is 0 Å². The van der Waals surface area contributed by atoms with Crippen molar-refractivity contribution < 1.29 is 4.80 Å². The first kappa shape index (κ1) is 7.50. The Kier molecular flexibility index (Phi) is 2.65. The van der Waals surface area contributed by atoms with Gasteiger partial charge in [-0.3, -0.25) is 0 Å². The van der Waals surface area contributed by atoms with Crippen molar-refractivity contribution in [3.8, 4) is 0 Å². The molecule has 54 valence electrons. The number of rotatable bonds is 2. The monoisotopic (exact) mass is 152 g/mol. The van der Waals surface area contributed by atoms with Crippen LogP contribution in [0.4, 0.5) is 0 Å². The minimum absolute atomic E-state index is 0.921. The lowest BCUT2D eigenvalue weighted by Crippen LogP contribution is -2.28. The molecule has 0 saturated heterocycles. The van der Waals surface area contributed by atoms with E-state index in [2.05, 4.69) is 0 Å². The van der Waals surface area contributed by atoms with Crippen LogP contribution in [-0.4, -0.2) is 13.8 Å². The number of hydrogen-bond donors (Lipinski definition) is 1. The van der Waals surface area contributed by atoms with Crippen molar-refractivity contribution in [2.24, 2.45) is 0 Å². The van der Waals surface area contributed by atoms with E-state index in [1.54, 1.807) is 0 Å². The van der Waals surface area contributed by atoms with Crippen LogP contribution in [0.1, 0.15) is 6.92 Å². The Morgan fingerprint density at radius 1 is 1.30 bits per heavy atom. The molecular formula is C8H12OSi. The fourth-order valence-corrected chi connectivity index (χ4v) is 2.05. The summed E-state index contributed by atoms with van der Waals surface area (Å²) in [6.07, 6.45) is 0.